The molecular formula is C12H7BrN2. The van der Waals surface area contributed by atoms with Gasteiger partial charge in [-0.05, 0) is 30.3 Å². The number of benzene rings is 2. The molecule has 1 heterocycles. The van der Waals surface area contributed by atoms with Crippen LogP contribution in [0.15, 0.2) is 46.9 Å². The number of aromatic nitrogens is 2. The molecule has 0 radical (unpaired) electrons. The van der Waals surface area contributed by atoms with Crippen LogP contribution in [0, 0.1) is 0 Å². The molecule has 2 nitrogen and oxygen atoms in total. The minimum absolute atomic E-state index is 0.920. The van der Waals surface area contributed by atoms with Crippen LogP contribution >= 0.6 is 15.9 Å². The molecule has 0 bridgehead atoms. The largest absolute Gasteiger partial charge is 0.245 e. The average Bonchev–Trinajstić information content (AvgIpc) is 2.26. The maximum atomic E-state index is 4.55. The maximum Gasteiger partial charge on any atom is 0.0905 e. The first-order valence-corrected chi connectivity index (χ1v) is 5.44. The molecule has 3 heteroatoms. The quantitative estimate of drug-likeness (QED) is 0.577. The molecule has 15 heavy (non-hydrogen) atoms. The summed E-state index contributed by atoms with van der Waals surface area (Å²) in [5.41, 5.74) is 3.72. The Morgan fingerprint density at radius 3 is 2.07 bits per heavy atom. The van der Waals surface area contributed by atoms with E-state index in [1.165, 1.54) is 0 Å². The minimum atomic E-state index is 0.920. The summed E-state index contributed by atoms with van der Waals surface area (Å²) >= 11 is 3.43. The van der Waals surface area contributed by atoms with Gasteiger partial charge in [-0.25, -0.2) is 9.97 Å². The van der Waals surface area contributed by atoms with Crippen LogP contribution < -0.4 is 0 Å². The summed E-state index contributed by atoms with van der Waals surface area (Å²) in [4.78, 5) is 9.08. The number of halogens is 1. The summed E-state index contributed by atoms with van der Waals surface area (Å²) in [6, 6.07) is 13.8. The molecule has 2 aromatic carbocycles. The average molecular weight is 259 g/mol. The van der Waals surface area contributed by atoms with Gasteiger partial charge >= 0.3 is 0 Å². The zero-order valence-corrected chi connectivity index (χ0v) is 9.40. The Morgan fingerprint density at radius 1 is 0.733 bits per heavy atom. The molecule has 0 amide bonds. The van der Waals surface area contributed by atoms with Crippen LogP contribution in [0.25, 0.3) is 22.1 Å². The second kappa shape index (κ2) is 3.28. The van der Waals surface area contributed by atoms with E-state index >= 15 is 0 Å². The Morgan fingerprint density at radius 2 is 1.33 bits per heavy atom. The van der Waals surface area contributed by atoms with Crippen molar-refractivity contribution in [3.8, 4) is 0 Å². The van der Waals surface area contributed by atoms with E-state index in [4.69, 9.17) is 0 Å². The number of nitrogens with zero attached hydrogens (tertiary/aromatic N) is 2. The summed E-state index contributed by atoms with van der Waals surface area (Å²) < 4.78 is 1.03. The van der Waals surface area contributed by atoms with Crippen molar-refractivity contribution in [1.82, 2.24) is 9.97 Å². The number of hydrogen-bond acceptors (Lipinski definition) is 2. The van der Waals surface area contributed by atoms with E-state index in [1.54, 1.807) is 0 Å². The van der Waals surface area contributed by atoms with Crippen molar-refractivity contribution in [2.45, 2.75) is 0 Å². The molecule has 0 aliphatic heterocycles. The van der Waals surface area contributed by atoms with Crippen LogP contribution in [-0.2, 0) is 0 Å². The van der Waals surface area contributed by atoms with E-state index in [-0.39, 0.29) is 0 Å². The Hall–Kier alpha value is -1.48. The topological polar surface area (TPSA) is 25.8 Å². The summed E-state index contributed by atoms with van der Waals surface area (Å²) in [5.74, 6) is 0. The fourth-order valence-electron chi connectivity index (χ4n) is 1.59. The SMILES string of the molecule is Brc1ccc2nc3ccccc3nc2c1. The third kappa shape index (κ3) is 1.49. The number of fused-ring (bicyclic) bond motifs is 2. The van der Waals surface area contributed by atoms with Gasteiger partial charge in [0.05, 0.1) is 22.1 Å². The van der Waals surface area contributed by atoms with Gasteiger partial charge in [-0.3, -0.25) is 0 Å². The summed E-state index contributed by atoms with van der Waals surface area (Å²) in [7, 11) is 0. The van der Waals surface area contributed by atoms with Crippen LogP contribution in [0.4, 0.5) is 0 Å². The van der Waals surface area contributed by atoms with Gasteiger partial charge < -0.3 is 0 Å². The van der Waals surface area contributed by atoms with Crippen LogP contribution in [0.2, 0.25) is 0 Å². The van der Waals surface area contributed by atoms with Gasteiger partial charge in [-0.15, -0.1) is 0 Å². The van der Waals surface area contributed by atoms with Gasteiger partial charge in [0.15, 0.2) is 0 Å². The Labute approximate surface area is 95.1 Å². The first kappa shape index (κ1) is 8.80. The first-order valence-electron chi connectivity index (χ1n) is 4.65. The zero-order chi connectivity index (χ0) is 10.3. The number of rotatable bonds is 0. The van der Waals surface area contributed by atoms with Crippen molar-refractivity contribution >= 4 is 38.0 Å². The molecule has 0 unspecified atom stereocenters. The van der Waals surface area contributed by atoms with Gasteiger partial charge in [0.25, 0.3) is 0 Å². The van der Waals surface area contributed by atoms with Crippen molar-refractivity contribution in [1.29, 1.82) is 0 Å². The lowest BCUT2D eigenvalue weighted by Crippen LogP contribution is -1.86. The Balaban J connectivity index is 2.47. The molecule has 0 spiro atoms. The van der Waals surface area contributed by atoms with Crippen LogP contribution in [0.1, 0.15) is 0 Å². The fourth-order valence-corrected chi connectivity index (χ4v) is 1.94. The third-order valence-corrected chi connectivity index (χ3v) is 2.79. The smallest absolute Gasteiger partial charge is 0.0905 e. The second-order valence-corrected chi connectivity index (χ2v) is 4.26. The lowest BCUT2D eigenvalue weighted by Gasteiger charge is -2.00. The van der Waals surface area contributed by atoms with Gasteiger partial charge in [0, 0.05) is 4.47 Å². The predicted octanol–water partition coefficient (Wildman–Crippen LogP) is 3.55. The number of para-hydroxylation sites is 2. The highest BCUT2D eigenvalue weighted by Gasteiger charge is 2.00. The normalized spacial score (nSPS) is 11.0. The van der Waals surface area contributed by atoms with Crippen LogP contribution in [0.5, 0.6) is 0 Å². The minimum Gasteiger partial charge on any atom is -0.245 e. The molecule has 0 fully saturated rings. The van der Waals surface area contributed by atoms with E-state index in [2.05, 4.69) is 25.9 Å². The number of hydrogen-bond donors (Lipinski definition) is 0. The molecule has 0 aliphatic carbocycles. The summed E-state index contributed by atoms with van der Waals surface area (Å²) in [6.07, 6.45) is 0. The molecule has 0 aliphatic rings. The molecular weight excluding hydrogens is 252 g/mol. The van der Waals surface area contributed by atoms with Crippen LogP contribution in [0.3, 0.4) is 0 Å². The predicted molar refractivity (Wildman–Crippen MR) is 64.7 cm³/mol. The maximum absolute atomic E-state index is 4.55. The van der Waals surface area contributed by atoms with E-state index in [9.17, 15) is 0 Å². The molecule has 0 N–H and O–H groups in total. The van der Waals surface area contributed by atoms with Crippen molar-refractivity contribution in [2.75, 3.05) is 0 Å². The lowest BCUT2D eigenvalue weighted by molar-refractivity contribution is 1.39. The van der Waals surface area contributed by atoms with E-state index in [0.29, 0.717) is 0 Å². The lowest BCUT2D eigenvalue weighted by atomic mass is 10.2. The highest BCUT2D eigenvalue weighted by Crippen LogP contribution is 2.19. The first-order chi connectivity index (χ1) is 7.33. The molecule has 72 valence electrons. The van der Waals surface area contributed by atoms with Gasteiger partial charge in [-0.1, -0.05) is 28.1 Å². The van der Waals surface area contributed by atoms with E-state index in [0.717, 1.165) is 26.5 Å². The van der Waals surface area contributed by atoms with Crippen molar-refractivity contribution in [2.24, 2.45) is 0 Å². The van der Waals surface area contributed by atoms with E-state index in [1.807, 2.05) is 42.5 Å². The fraction of sp³-hybridized carbons (Fsp3) is 0. The second-order valence-electron chi connectivity index (χ2n) is 3.35. The van der Waals surface area contributed by atoms with Crippen molar-refractivity contribution in [3.63, 3.8) is 0 Å². The molecule has 1 aromatic heterocycles. The molecule has 0 saturated heterocycles. The molecule has 0 saturated carbocycles. The monoisotopic (exact) mass is 258 g/mol. The molecule has 3 aromatic rings. The van der Waals surface area contributed by atoms with Crippen molar-refractivity contribution in [3.05, 3.63) is 46.9 Å². The van der Waals surface area contributed by atoms with Gasteiger partial charge in [0.1, 0.15) is 0 Å². The van der Waals surface area contributed by atoms with Crippen LogP contribution in [-0.4, -0.2) is 9.97 Å². The summed E-state index contributed by atoms with van der Waals surface area (Å²) in [6.45, 7) is 0. The van der Waals surface area contributed by atoms with Crippen molar-refractivity contribution < 1.29 is 0 Å². The van der Waals surface area contributed by atoms with E-state index < -0.39 is 0 Å². The Bertz CT molecular complexity index is 649. The summed E-state index contributed by atoms with van der Waals surface area (Å²) in [5, 5.41) is 0. The third-order valence-electron chi connectivity index (χ3n) is 2.30. The standard InChI is InChI=1S/C12H7BrN2/c13-8-5-6-11-12(7-8)15-10-4-2-1-3-9(10)14-11/h1-7H. The van der Waals surface area contributed by atoms with Gasteiger partial charge in [0.2, 0.25) is 0 Å². The highest BCUT2D eigenvalue weighted by molar-refractivity contribution is 9.10. The zero-order valence-electron chi connectivity index (χ0n) is 7.81. The molecule has 3 rings (SSSR count). The highest BCUT2D eigenvalue weighted by atomic mass is 79.9. The molecule has 0 atom stereocenters. The van der Waals surface area contributed by atoms with Gasteiger partial charge in [-0.2, -0.15) is 0 Å². The Kier molecular flexibility index (Phi) is 1.92.